The van der Waals surface area contributed by atoms with Crippen LogP contribution in [0.25, 0.3) is 0 Å². The van der Waals surface area contributed by atoms with Crippen LogP contribution in [0, 0.1) is 6.92 Å². The Labute approximate surface area is 116 Å². The molecule has 19 heavy (non-hydrogen) atoms. The molecule has 0 heterocycles. The summed E-state index contributed by atoms with van der Waals surface area (Å²) in [5, 5.41) is 12.9. The van der Waals surface area contributed by atoms with E-state index in [1.165, 1.54) is 11.1 Å². The van der Waals surface area contributed by atoms with E-state index in [1.54, 1.807) is 13.8 Å². The molecule has 0 unspecified atom stereocenters. The van der Waals surface area contributed by atoms with Crippen LogP contribution in [-0.4, -0.2) is 22.2 Å². The Balaban J connectivity index is 2.56. The van der Waals surface area contributed by atoms with Crippen LogP contribution in [0.15, 0.2) is 24.3 Å². The smallest absolute Gasteiger partial charge is 0.220 e. The molecule has 0 saturated heterocycles. The molecule has 0 bridgehead atoms. The third kappa shape index (κ3) is 4.35. The SMILES string of the molecule is Cc1ccccc1CCC(=O)NC(C)(C)C(C)(C)O. The van der Waals surface area contributed by atoms with Gasteiger partial charge in [-0.15, -0.1) is 0 Å². The number of hydrogen-bond donors (Lipinski definition) is 2. The number of carbonyl (C=O) groups is 1. The summed E-state index contributed by atoms with van der Waals surface area (Å²) in [5.41, 5.74) is 0.803. The van der Waals surface area contributed by atoms with Crippen LogP contribution < -0.4 is 5.32 Å². The first-order chi connectivity index (χ1) is 8.63. The fraction of sp³-hybridized carbons (Fsp3) is 0.562. The minimum Gasteiger partial charge on any atom is -0.388 e. The van der Waals surface area contributed by atoms with Crippen molar-refractivity contribution in [3.63, 3.8) is 0 Å². The molecule has 1 rings (SSSR count). The Hall–Kier alpha value is -1.35. The molecule has 0 aliphatic heterocycles. The van der Waals surface area contributed by atoms with Gasteiger partial charge in [-0.3, -0.25) is 4.79 Å². The van der Waals surface area contributed by atoms with E-state index < -0.39 is 11.1 Å². The quantitative estimate of drug-likeness (QED) is 0.858. The van der Waals surface area contributed by atoms with E-state index in [9.17, 15) is 9.90 Å². The van der Waals surface area contributed by atoms with E-state index in [1.807, 2.05) is 45.0 Å². The van der Waals surface area contributed by atoms with E-state index in [0.717, 1.165) is 6.42 Å². The summed E-state index contributed by atoms with van der Waals surface area (Å²) in [6.45, 7) is 9.12. The van der Waals surface area contributed by atoms with Gasteiger partial charge in [0.2, 0.25) is 5.91 Å². The Kier molecular flexibility index (Phi) is 4.75. The summed E-state index contributed by atoms with van der Waals surface area (Å²) in [6.07, 6.45) is 1.16. The molecule has 3 heteroatoms. The van der Waals surface area contributed by atoms with E-state index in [2.05, 4.69) is 5.32 Å². The Morgan fingerprint density at radius 2 is 1.79 bits per heavy atom. The highest BCUT2D eigenvalue weighted by Crippen LogP contribution is 2.20. The lowest BCUT2D eigenvalue weighted by Crippen LogP contribution is -2.57. The van der Waals surface area contributed by atoms with E-state index in [-0.39, 0.29) is 5.91 Å². The molecule has 1 amide bonds. The number of aryl methyl sites for hydroxylation is 2. The molecule has 1 aromatic carbocycles. The largest absolute Gasteiger partial charge is 0.388 e. The van der Waals surface area contributed by atoms with Crippen LogP contribution in [-0.2, 0) is 11.2 Å². The molecule has 0 fully saturated rings. The van der Waals surface area contributed by atoms with Crippen molar-refractivity contribution in [2.24, 2.45) is 0 Å². The van der Waals surface area contributed by atoms with Crippen molar-refractivity contribution >= 4 is 5.91 Å². The second-order valence-electron chi connectivity index (χ2n) is 6.16. The van der Waals surface area contributed by atoms with Crippen molar-refractivity contribution < 1.29 is 9.90 Å². The average Bonchev–Trinajstić information content (AvgIpc) is 2.26. The van der Waals surface area contributed by atoms with Crippen LogP contribution in [0.5, 0.6) is 0 Å². The predicted molar refractivity (Wildman–Crippen MR) is 78.0 cm³/mol. The van der Waals surface area contributed by atoms with Gasteiger partial charge in [0.25, 0.3) is 0 Å². The number of aliphatic hydroxyl groups is 1. The van der Waals surface area contributed by atoms with Crippen molar-refractivity contribution in [3.05, 3.63) is 35.4 Å². The summed E-state index contributed by atoms with van der Waals surface area (Å²) >= 11 is 0. The fourth-order valence-electron chi connectivity index (χ4n) is 1.70. The van der Waals surface area contributed by atoms with Gasteiger partial charge in [-0.05, 0) is 52.2 Å². The van der Waals surface area contributed by atoms with E-state index in [0.29, 0.717) is 6.42 Å². The highest BCUT2D eigenvalue weighted by molar-refractivity contribution is 5.77. The van der Waals surface area contributed by atoms with Gasteiger partial charge >= 0.3 is 0 Å². The molecule has 3 nitrogen and oxygen atoms in total. The molecule has 0 aliphatic carbocycles. The third-order valence-electron chi connectivity index (χ3n) is 3.86. The van der Waals surface area contributed by atoms with Gasteiger partial charge in [-0.1, -0.05) is 24.3 Å². The molecule has 0 aliphatic rings. The third-order valence-corrected chi connectivity index (χ3v) is 3.86. The minimum atomic E-state index is -0.953. The summed E-state index contributed by atoms with van der Waals surface area (Å²) in [7, 11) is 0. The van der Waals surface area contributed by atoms with Gasteiger partial charge in [0.15, 0.2) is 0 Å². The molecular weight excluding hydrogens is 238 g/mol. The molecule has 1 aromatic rings. The molecule has 106 valence electrons. The lowest BCUT2D eigenvalue weighted by atomic mass is 9.86. The van der Waals surface area contributed by atoms with Gasteiger partial charge in [0.05, 0.1) is 11.1 Å². The maximum absolute atomic E-state index is 12.0. The lowest BCUT2D eigenvalue weighted by molar-refractivity contribution is -0.126. The van der Waals surface area contributed by atoms with Crippen LogP contribution >= 0.6 is 0 Å². The molecule has 2 N–H and O–H groups in total. The number of rotatable bonds is 5. The van der Waals surface area contributed by atoms with Gasteiger partial charge < -0.3 is 10.4 Å². The van der Waals surface area contributed by atoms with Crippen molar-refractivity contribution in [3.8, 4) is 0 Å². The number of nitrogens with one attached hydrogen (secondary N) is 1. The Morgan fingerprint density at radius 1 is 1.21 bits per heavy atom. The van der Waals surface area contributed by atoms with E-state index >= 15 is 0 Å². The van der Waals surface area contributed by atoms with Gasteiger partial charge in [0, 0.05) is 6.42 Å². The minimum absolute atomic E-state index is 0.0321. The molecule has 0 saturated carbocycles. The number of benzene rings is 1. The average molecular weight is 263 g/mol. The number of amides is 1. The fourth-order valence-corrected chi connectivity index (χ4v) is 1.70. The van der Waals surface area contributed by atoms with Crippen LogP contribution in [0.1, 0.15) is 45.2 Å². The molecule has 0 atom stereocenters. The maximum Gasteiger partial charge on any atom is 0.220 e. The first-order valence-corrected chi connectivity index (χ1v) is 6.71. The lowest BCUT2D eigenvalue weighted by Gasteiger charge is -2.38. The summed E-state index contributed by atoms with van der Waals surface area (Å²) in [6, 6.07) is 8.08. The zero-order valence-corrected chi connectivity index (χ0v) is 12.6. The molecule has 0 radical (unpaired) electrons. The van der Waals surface area contributed by atoms with Crippen molar-refractivity contribution in [2.75, 3.05) is 0 Å². The topological polar surface area (TPSA) is 49.3 Å². The standard InChI is InChI=1S/C16H25NO2/c1-12-8-6-7-9-13(12)10-11-14(18)17-15(2,3)16(4,5)19/h6-9,19H,10-11H2,1-5H3,(H,17,18). The maximum atomic E-state index is 12.0. The molecule has 0 spiro atoms. The Bertz CT molecular complexity index is 444. The normalized spacial score (nSPS) is 12.3. The predicted octanol–water partition coefficient (Wildman–Crippen LogP) is 2.59. The van der Waals surface area contributed by atoms with Crippen LogP contribution in [0.3, 0.4) is 0 Å². The second-order valence-corrected chi connectivity index (χ2v) is 6.16. The monoisotopic (exact) mass is 263 g/mol. The van der Waals surface area contributed by atoms with Crippen molar-refractivity contribution in [2.45, 2.75) is 58.6 Å². The van der Waals surface area contributed by atoms with Gasteiger partial charge in [0.1, 0.15) is 0 Å². The van der Waals surface area contributed by atoms with Gasteiger partial charge in [-0.25, -0.2) is 0 Å². The Morgan fingerprint density at radius 3 is 2.32 bits per heavy atom. The highest BCUT2D eigenvalue weighted by atomic mass is 16.3. The number of hydrogen-bond acceptors (Lipinski definition) is 2. The molecular formula is C16H25NO2. The second kappa shape index (κ2) is 5.74. The first kappa shape index (κ1) is 15.7. The number of carbonyl (C=O) groups excluding carboxylic acids is 1. The summed E-state index contributed by atoms with van der Waals surface area (Å²) in [4.78, 5) is 12.0. The van der Waals surface area contributed by atoms with Crippen molar-refractivity contribution in [1.82, 2.24) is 5.32 Å². The zero-order chi connectivity index (χ0) is 14.7. The van der Waals surface area contributed by atoms with Crippen LogP contribution in [0.2, 0.25) is 0 Å². The van der Waals surface area contributed by atoms with Crippen molar-refractivity contribution in [1.29, 1.82) is 0 Å². The van der Waals surface area contributed by atoms with Crippen LogP contribution in [0.4, 0.5) is 0 Å². The summed E-state index contributed by atoms with van der Waals surface area (Å²) < 4.78 is 0. The van der Waals surface area contributed by atoms with E-state index in [4.69, 9.17) is 0 Å². The first-order valence-electron chi connectivity index (χ1n) is 6.71. The molecule has 0 aromatic heterocycles. The summed E-state index contributed by atoms with van der Waals surface area (Å²) in [5.74, 6) is -0.0321. The van der Waals surface area contributed by atoms with Gasteiger partial charge in [-0.2, -0.15) is 0 Å². The highest BCUT2D eigenvalue weighted by Gasteiger charge is 2.36. The zero-order valence-electron chi connectivity index (χ0n) is 12.6.